The molecule has 5 atom stereocenters. The topological polar surface area (TPSA) is 131 Å². The Morgan fingerprint density at radius 1 is 0.625 bits per heavy atom. The van der Waals surface area contributed by atoms with Crippen molar-refractivity contribution in [1.29, 1.82) is 0 Å². The van der Waals surface area contributed by atoms with Gasteiger partial charge in [0.25, 0.3) is 0 Å². The van der Waals surface area contributed by atoms with Crippen LogP contribution in [-0.2, 0) is 14.3 Å². The number of rotatable bonds is 32. The Labute approximate surface area is 294 Å². The van der Waals surface area contributed by atoms with Gasteiger partial charge in [0, 0.05) is 13.0 Å². The Bertz CT molecular complexity index is 772. The smallest absolute Gasteiger partial charge is 0.234 e. The molecule has 48 heavy (non-hydrogen) atoms. The van der Waals surface area contributed by atoms with Gasteiger partial charge in [-0.05, 0) is 19.9 Å². The third-order valence-electron chi connectivity index (χ3n) is 9.94. The third kappa shape index (κ3) is 20.4. The van der Waals surface area contributed by atoms with E-state index in [1.54, 1.807) is 11.9 Å². The molecule has 5 N–H and O–H groups in total. The molecule has 1 rings (SSSR count). The van der Waals surface area contributed by atoms with Gasteiger partial charge in [-0.3, -0.25) is 9.59 Å². The second-order valence-electron chi connectivity index (χ2n) is 14.3. The van der Waals surface area contributed by atoms with Crippen molar-refractivity contribution in [3.63, 3.8) is 0 Å². The van der Waals surface area contributed by atoms with Gasteiger partial charge in [-0.25, -0.2) is 0 Å². The lowest BCUT2D eigenvalue weighted by Crippen LogP contribution is -2.69. The first-order valence-electron chi connectivity index (χ1n) is 20.3. The highest BCUT2D eigenvalue weighted by molar-refractivity contribution is 5.79. The zero-order valence-electron chi connectivity index (χ0n) is 31.4. The number of carbonyl (C=O) groups excluding carboxylic acids is 2. The molecule has 0 spiro atoms. The Balaban J connectivity index is 2.59. The molecule has 1 fully saturated rings. The Hall–Kier alpha value is -1.26. The van der Waals surface area contributed by atoms with Crippen molar-refractivity contribution in [2.24, 2.45) is 0 Å². The molecular formula is C39H77N3O6. The standard InChI is InChI=1S/C39H77N3O6/c1-4-6-8-10-12-14-15-16-17-18-19-20-22-24-26-28-30-42(35(45)29-27-25-23-21-13-11-9-7-5-2)39-36(41-34(44)31-40-3)38(47)37(46)33(32-43)48-39/h33,36-40,43,46-47H,4-32H2,1-3H3,(H,41,44)/t33-,36-,37-,38-,39-/m1/s1. The summed E-state index contributed by atoms with van der Waals surface area (Å²) in [6, 6.07) is -1.00. The maximum Gasteiger partial charge on any atom is 0.234 e. The highest BCUT2D eigenvalue weighted by Gasteiger charge is 2.48. The first kappa shape index (κ1) is 44.8. The van der Waals surface area contributed by atoms with E-state index in [1.165, 1.54) is 122 Å². The molecule has 0 unspecified atom stereocenters. The van der Waals surface area contributed by atoms with Crippen LogP contribution < -0.4 is 10.6 Å². The number of ether oxygens (including phenoxy) is 1. The summed E-state index contributed by atoms with van der Waals surface area (Å²) in [5.41, 5.74) is 0. The van der Waals surface area contributed by atoms with Gasteiger partial charge in [-0.15, -0.1) is 0 Å². The quantitative estimate of drug-likeness (QED) is 0.0477. The maximum absolute atomic E-state index is 13.7. The number of nitrogens with zero attached hydrogens (tertiary/aromatic N) is 1. The summed E-state index contributed by atoms with van der Waals surface area (Å²) in [5, 5.41) is 37.1. The first-order valence-corrected chi connectivity index (χ1v) is 20.3. The summed E-state index contributed by atoms with van der Waals surface area (Å²) in [5.74, 6) is -0.435. The van der Waals surface area contributed by atoms with Crippen LogP contribution >= 0.6 is 0 Å². The van der Waals surface area contributed by atoms with E-state index in [1.807, 2.05) is 0 Å². The Morgan fingerprint density at radius 3 is 1.46 bits per heavy atom. The fourth-order valence-electron chi connectivity index (χ4n) is 6.87. The predicted molar refractivity (Wildman–Crippen MR) is 197 cm³/mol. The van der Waals surface area contributed by atoms with Crippen LogP contribution in [0.4, 0.5) is 0 Å². The summed E-state index contributed by atoms with van der Waals surface area (Å²) in [4.78, 5) is 27.9. The second-order valence-corrected chi connectivity index (χ2v) is 14.3. The number of likely N-dealkylation sites (N-methyl/N-ethyl adjacent to an activating group) is 1. The van der Waals surface area contributed by atoms with Gasteiger partial charge >= 0.3 is 0 Å². The molecule has 1 heterocycles. The average molecular weight is 684 g/mol. The lowest BCUT2D eigenvalue weighted by Gasteiger charge is -2.47. The fourth-order valence-corrected chi connectivity index (χ4v) is 6.87. The molecule has 0 aliphatic carbocycles. The predicted octanol–water partition coefficient (Wildman–Crippen LogP) is 7.14. The molecule has 0 aromatic heterocycles. The maximum atomic E-state index is 13.7. The molecule has 1 aliphatic rings. The molecule has 0 saturated carbocycles. The van der Waals surface area contributed by atoms with Crippen LogP contribution in [0.2, 0.25) is 0 Å². The monoisotopic (exact) mass is 684 g/mol. The Morgan fingerprint density at radius 2 is 1.04 bits per heavy atom. The van der Waals surface area contributed by atoms with E-state index in [2.05, 4.69) is 24.5 Å². The lowest BCUT2D eigenvalue weighted by atomic mass is 9.94. The van der Waals surface area contributed by atoms with E-state index in [0.717, 1.165) is 38.5 Å². The van der Waals surface area contributed by atoms with Crippen LogP contribution in [0.1, 0.15) is 181 Å². The number of aliphatic hydroxyl groups excluding tert-OH is 3. The van der Waals surface area contributed by atoms with E-state index in [-0.39, 0.29) is 18.4 Å². The number of aliphatic hydroxyl groups is 3. The van der Waals surface area contributed by atoms with Crippen molar-refractivity contribution in [1.82, 2.24) is 15.5 Å². The van der Waals surface area contributed by atoms with Gasteiger partial charge in [-0.1, -0.05) is 162 Å². The lowest BCUT2D eigenvalue weighted by molar-refractivity contribution is -0.231. The van der Waals surface area contributed by atoms with E-state index < -0.39 is 37.2 Å². The molecule has 0 radical (unpaired) electrons. The van der Waals surface area contributed by atoms with Crippen molar-refractivity contribution >= 4 is 11.8 Å². The normalized spacial score (nSPS) is 21.0. The molecule has 9 heteroatoms. The van der Waals surface area contributed by atoms with Crippen LogP contribution in [0, 0.1) is 0 Å². The molecular weight excluding hydrogens is 606 g/mol. The van der Waals surface area contributed by atoms with Crippen LogP contribution in [0.15, 0.2) is 0 Å². The third-order valence-corrected chi connectivity index (χ3v) is 9.94. The number of hydrogen-bond acceptors (Lipinski definition) is 7. The molecule has 1 aliphatic heterocycles. The fraction of sp³-hybridized carbons (Fsp3) is 0.949. The highest BCUT2D eigenvalue weighted by Crippen LogP contribution is 2.26. The van der Waals surface area contributed by atoms with E-state index >= 15 is 0 Å². The van der Waals surface area contributed by atoms with Crippen molar-refractivity contribution in [2.75, 3.05) is 26.7 Å². The van der Waals surface area contributed by atoms with Gasteiger partial charge in [0.15, 0.2) is 6.23 Å². The van der Waals surface area contributed by atoms with Crippen LogP contribution in [0.3, 0.4) is 0 Å². The summed E-state index contributed by atoms with van der Waals surface area (Å²) >= 11 is 0. The molecule has 9 nitrogen and oxygen atoms in total. The number of nitrogens with one attached hydrogen (secondary N) is 2. The largest absolute Gasteiger partial charge is 0.394 e. The SMILES string of the molecule is CCCCCCCCCCCCCCCCCCN(C(=O)CCCCCCCCCCC)[C@@H]1O[C@H](CO)[C@@H](O)[C@H](O)[C@H]1NC(=O)CNC. The minimum Gasteiger partial charge on any atom is -0.394 e. The van der Waals surface area contributed by atoms with Gasteiger partial charge in [0.2, 0.25) is 11.8 Å². The zero-order valence-corrected chi connectivity index (χ0v) is 31.4. The van der Waals surface area contributed by atoms with Gasteiger partial charge in [-0.2, -0.15) is 0 Å². The Kier molecular flexibility index (Phi) is 28.5. The summed E-state index contributed by atoms with van der Waals surface area (Å²) < 4.78 is 6.07. The number of carbonyl (C=O) groups is 2. The van der Waals surface area contributed by atoms with Crippen LogP contribution in [0.25, 0.3) is 0 Å². The molecule has 1 saturated heterocycles. The number of hydrogen-bond donors (Lipinski definition) is 5. The minimum absolute atomic E-state index is 0.0287. The van der Waals surface area contributed by atoms with E-state index in [0.29, 0.717) is 13.0 Å². The number of amides is 2. The van der Waals surface area contributed by atoms with Crippen LogP contribution in [0.5, 0.6) is 0 Å². The van der Waals surface area contributed by atoms with Crippen molar-refractivity contribution < 1.29 is 29.6 Å². The van der Waals surface area contributed by atoms with Crippen molar-refractivity contribution in [3.8, 4) is 0 Å². The number of unbranched alkanes of at least 4 members (excludes halogenated alkanes) is 23. The van der Waals surface area contributed by atoms with Gasteiger partial charge in [0.1, 0.15) is 24.4 Å². The zero-order chi connectivity index (χ0) is 35.2. The minimum atomic E-state index is -1.38. The molecule has 0 aromatic rings. The summed E-state index contributed by atoms with van der Waals surface area (Å²) in [6.45, 7) is 4.47. The van der Waals surface area contributed by atoms with E-state index in [4.69, 9.17) is 4.74 Å². The molecule has 0 bridgehead atoms. The molecule has 0 aromatic carbocycles. The van der Waals surface area contributed by atoms with Crippen molar-refractivity contribution in [2.45, 2.75) is 211 Å². The average Bonchev–Trinajstić information content (AvgIpc) is 3.08. The van der Waals surface area contributed by atoms with Gasteiger partial charge < -0.3 is 35.6 Å². The summed E-state index contributed by atoms with van der Waals surface area (Å²) in [6.07, 6.45) is 26.3. The van der Waals surface area contributed by atoms with Gasteiger partial charge in [0.05, 0.1) is 13.2 Å². The van der Waals surface area contributed by atoms with E-state index in [9.17, 15) is 24.9 Å². The second kappa shape index (κ2) is 30.6. The first-order chi connectivity index (χ1) is 23.4. The van der Waals surface area contributed by atoms with Crippen LogP contribution in [-0.4, -0.2) is 89.4 Å². The van der Waals surface area contributed by atoms with Crippen molar-refractivity contribution in [3.05, 3.63) is 0 Å². The molecule has 2 amide bonds. The molecule has 284 valence electrons. The highest BCUT2D eigenvalue weighted by atomic mass is 16.5. The summed E-state index contributed by atoms with van der Waals surface area (Å²) in [7, 11) is 1.65.